The van der Waals surface area contributed by atoms with Crippen molar-refractivity contribution in [2.45, 2.75) is 37.8 Å². The van der Waals surface area contributed by atoms with Gasteiger partial charge >= 0.3 is 0 Å². The lowest BCUT2D eigenvalue weighted by molar-refractivity contribution is -0.139. The summed E-state index contributed by atoms with van der Waals surface area (Å²) in [7, 11) is -2.86. The van der Waals surface area contributed by atoms with Crippen LogP contribution in [0.5, 0.6) is 0 Å². The third kappa shape index (κ3) is 4.42. The maximum Gasteiger partial charge on any atom is 0.244 e. The smallest absolute Gasteiger partial charge is 0.244 e. The minimum atomic E-state index is -2.86. The SMILES string of the molecule is O=C([C@@H](c1ccccc1)N1CCN([C@H]2CCS(=O)(=O)C2)CC1)N1CCCCC1. The summed E-state index contributed by atoms with van der Waals surface area (Å²) in [5, 5.41) is 0. The van der Waals surface area contributed by atoms with Crippen molar-refractivity contribution in [3.8, 4) is 0 Å². The molecule has 1 amide bonds. The first kappa shape index (κ1) is 19.9. The van der Waals surface area contributed by atoms with Gasteiger partial charge < -0.3 is 4.90 Å². The summed E-state index contributed by atoms with van der Waals surface area (Å²) in [4.78, 5) is 20.1. The lowest BCUT2D eigenvalue weighted by Gasteiger charge is -2.42. The number of likely N-dealkylation sites (tertiary alicyclic amines) is 1. The molecule has 28 heavy (non-hydrogen) atoms. The number of amides is 1. The average molecular weight is 406 g/mol. The molecular formula is C21H31N3O3S. The Labute approximate surface area is 168 Å². The van der Waals surface area contributed by atoms with Crippen molar-refractivity contribution < 1.29 is 13.2 Å². The van der Waals surface area contributed by atoms with Gasteiger partial charge in [0, 0.05) is 45.3 Å². The molecule has 2 atom stereocenters. The summed E-state index contributed by atoms with van der Waals surface area (Å²) in [5.74, 6) is 0.836. The van der Waals surface area contributed by atoms with E-state index in [2.05, 4.69) is 21.9 Å². The summed E-state index contributed by atoms with van der Waals surface area (Å²) >= 11 is 0. The van der Waals surface area contributed by atoms with Crippen LogP contribution in [0.2, 0.25) is 0 Å². The molecule has 3 fully saturated rings. The second kappa shape index (κ2) is 8.51. The number of piperidine rings is 1. The number of carbonyl (C=O) groups excluding carboxylic acids is 1. The molecule has 7 heteroatoms. The Morgan fingerprint density at radius 1 is 0.929 bits per heavy atom. The van der Waals surface area contributed by atoms with Crippen LogP contribution in [0.4, 0.5) is 0 Å². The highest BCUT2D eigenvalue weighted by atomic mass is 32.2. The van der Waals surface area contributed by atoms with E-state index < -0.39 is 9.84 Å². The molecule has 0 aliphatic carbocycles. The Morgan fingerprint density at radius 2 is 1.61 bits per heavy atom. The van der Waals surface area contributed by atoms with Gasteiger partial charge in [0.15, 0.2) is 9.84 Å². The quantitative estimate of drug-likeness (QED) is 0.761. The third-order valence-corrected chi connectivity index (χ3v) is 8.21. The van der Waals surface area contributed by atoms with Crippen molar-refractivity contribution in [2.24, 2.45) is 0 Å². The van der Waals surface area contributed by atoms with Crippen LogP contribution in [-0.2, 0) is 14.6 Å². The molecule has 3 heterocycles. The fourth-order valence-corrected chi connectivity index (χ4v) is 6.62. The van der Waals surface area contributed by atoms with Gasteiger partial charge in [-0.2, -0.15) is 0 Å². The Hall–Kier alpha value is -1.44. The molecule has 4 rings (SSSR count). The van der Waals surface area contributed by atoms with E-state index >= 15 is 0 Å². The molecule has 1 aromatic carbocycles. The number of piperazine rings is 1. The predicted molar refractivity (Wildman–Crippen MR) is 110 cm³/mol. The van der Waals surface area contributed by atoms with Crippen molar-refractivity contribution >= 4 is 15.7 Å². The fourth-order valence-electron chi connectivity index (χ4n) is 4.86. The highest BCUT2D eigenvalue weighted by Crippen LogP contribution is 2.27. The number of hydrogen-bond acceptors (Lipinski definition) is 5. The van der Waals surface area contributed by atoms with Gasteiger partial charge in [0.25, 0.3) is 0 Å². The molecule has 0 unspecified atom stereocenters. The zero-order valence-corrected chi connectivity index (χ0v) is 17.3. The monoisotopic (exact) mass is 405 g/mol. The number of carbonyl (C=O) groups is 1. The number of rotatable bonds is 4. The van der Waals surface area contributed by atoms with Gasteiger partial charge in [0.05, 0.1) is 11.5 Å². The van der Waals surface area contributed by atoms with Crippen LogP contribution in [-0.4, -0.2) is 85.8 Å². The van der Waals surface area contributed by atoms with Gasteiger partial charge in [-0.05, 0) is 31.2 Å². The van der Waals surface area contributed by atoms with Crippen molar-refractivity contribution in [1.29, 1.82) is 0 Å². The number of nitrogens with zero attached hydrogens (tertiary/aromatic N) is 3. The van der Waals surface area contributed by atoms with Gasteiger partial charge in [-0.15, -0.1) is 0 Å². The van der Waals surface area contributed by atoms with E-state index in [1.807, 2.05) is 23.1 Å². The van der Waals surface area contributed by atoms with Gasteiger partial charge in [-0.1, -0.05) is 30.3 Å². The summed E-state index contributed by atoms with van der Waals surface area (Å²) in [6, 6.07) is 10.0. The number of benzene rings is 1. The summed E-state index contributed by atoms with van der Waals surface area (Å²) < 4.78 is 23.6. The molecule has 0 N–H and O–H groups in total. The van der Waals surface area contributed by atoms with Crippen molar-refractivity contribution in [3.05, 3.63) is 35.9 Å². The first-order valence-electron chi connectivity index (χ1n) is 10.6. The van der Waals surface area contributed by atoms with E-state index in [0.29, 0.717) is 11.5 Å². The second-order valence-electron chi connectivity index (χ2n) is 8.33. The van der Waals surface area contributed by atoms with E-state index in [4.69, 9.17) is 0 Å². The van der Waals surface area contributed by atoms with Gasteiger partial charge in [0.2, 0.25) is 5.91 Å². The molecule has 1 aromatic rings. The molecule has 6 nitrogen and oxygen atoms in total. The predicted octanol–water partition coefficient (Wildman–Crippen LogP) is 1.54. The van der Waals surface area contributed by atoms with Crippen molar-refractivity contribution in [3.63, 3.8) is 0 Å². The summed E-state index contributed by atoms with van der Waals surface area (Å²) in [5.41, 5.74) is 1.06. The van der Waals surface area contributed by atoms with E-state index in [1.165, 1.54) is 6.42 Å². The Morgan fingerprint density at radius 3 is 2.21 bits per heavy atom. The average Bonchev–Trinajstić information content (AvgIpc) is 3.10. The molecule has 0 radical (unpaired) electrons. The van der Waals surface area contributed by atoms with Crippen LogP contribution >= 0.6 is 0 Å². The number of sulfone groups is 1. The van der Waals surface area contributed by atoms with Crippen LogP contribution in [0.25, 0.3) is 0 Å². The van der Waals surface area contributed by atoms with Gasteiger partial charge in [-0.25, -0.2) is 8.42 Å². The van der Waals surface area contributed by atoms with Crippen LogP contribution in [0, 0.1) is 0 Å². The maximum atomic E-state index is 13.4. The highest BCUT2D eigenvalue weighted by Gasteiger charge is 2.37. The molecule has 0 bridgehead atoms. The lowest BCUT2D eigenvalue weighted by Crippen LogP contribution is -2.54. The zero-order chi connectivity index (χ0) is 19.6. The zero-order valence-electron chi connectivity index (χ0n) is 16.5. The molecule has 0 saturated carbocycles. The van der Waals surface area contributed by atoms with Crippen LogP contribution in [0.15, 0.2) is 30.3 Å². The van der Waals surface area contributed by atoms with Gasteiger partial charge in [0.1, 0.15) is 6.04 Å². The molecule has 0 spiro atoms. The highest BCUT2D eigenvalue weighted by molar-refractivity contribution is 7.91. The summed E-state index contributed by atoms with van der Waals surface area (Å²) in [6.45, 7) is 4.99. The lowest BCUT2D eigenvalue weighted by atomic mass is 10.0. The normalized spacial score (nSPS) is 27.6. The van der Waals surface area contributed by atoms with E-state index in [-0.39, 0.29) is 18.0 Å². The standard InChI is InChI=1S/C21H31N3O3S/c25-21(24-10-5-2-6-11-24)20(18-7-3-1-4-8-18)23-14-12-22(13-15-23)19-9-16-28(26,27)17-19/h1,3-4,7-8,19-20H,2,5-6,9-17H2/t19-,20+/m0/s1. The molecule has 3 saturated heterocycles. The van der Waals surface area contributed by atoms with Gasteiger partial charge in [-0.3, -0.25) is 14.6 Å². The summed E-state index contributed by atoms with van der Waals surface area (Å²) in [6.07, 6.45) is 4.15. The first-order valence-corrected chi connectivity index (χ1v) is 12.4. The van der Waals surface area contributed by atoms with E-state index in [9.17, 15) is 13.2 Å². The molecular weight excluding hydrogens is 374 g/mol. The van der Waals surface area contributed by atoms with Crippen molar-refractivity contribution in [1.82, 2.24) is 14.7 Å². The fraction of sp³-hybridized carbons (Fsp3) is 0.667. The molecule has 0 aromatic heterocycles. The minimum absolute atomic E-state index is 0.153. The van der Waals surface area contributed by atoms with Crippen molar-refractivity contribution in [2.75, 3.05) is 50.8 Å². The Kier molecular flexibility index (Phi) is 6.04. The van der Waals surface area contributed by atoms with Crippen LogP contribution in [0.3, 0.4) is 0 Å². The van der Waals surface area contributed by atoms with E-state index in [0.717, 1.165) is 64.1 Å². The molecule has 154 valence electrons. The number of hydrogen-bond donors (Lipinski definition) is 0. The van der Waals surface area contributed by atoms with E-state index in [1.54, 1.807) is 0 Å². The second-order valence-corrected chi connectivity index (χ2v) is 10.6. The Balaban J connectivity index is 1.46. The largest absolute Gasteiger partial charge is 0.341 e. The Bertz CT molecular complexity index is 769. The topological polar surface area (TPSA) is 60.9 Å². The third-order valence-electron chi connectivity index (χ3n) is 6.46. The minimum Gasteiger partial charge on any atom is -0.341 e. The van der Waals surface area contributed by atoms with Crippen LogP contribution < -0.4 is 0 Å². The maximum absolute atomic E-state index is 13.4. The first-order chi connectivity index (χ1) is 13.5. The molecule has 3 aliphatic rings. The van der Waals surface area contributed by atoms with Crippen LogP contribution in [0.1, 0.15) is 37.3 Å². The molecule has 3 aliphatic heterocycles.